The van der Waals surface area contributed by atoms with Gasteiger partial charge in [0.1, 0.15) is 0 Å². The van der Waals surface area contributed by atoms with Gasteiger partial charge in [-0.15, -0.1) is 0 Å². The molecule has 0 unspecified atom stereocenters. The molecule has 0 aliphatic rings. The molecule has 31 heavy (non-hydrogen) atoms. The number of rotatable bonds is 6. The molecule has 3 aromatic rings. The van der Waals surface area contributed by atoms with Crippen LogP contribution in [0.4, 0.5) is 13.2 Å². The molecule has 0 saturated heterocycles. The highest BCUT2D eigenvalue weighted by Crippen LogP contribution is 2.29. The van der Waals surface area contributed by atoms with Crippen LogP contribution < -0.4 is 0 Å². The summed E-state index contributed by atoms with van der Waals surface area (Å²) in [5.41, 5.74) is 7.89. The van der Waals surface area contributed by atoms with Gasteiger partial charge in [0.2, 0.25) is 0 Å². The first-order valence-corrected chi connectivity index (χ1v) is 10.2. The Hall–Kier alpha value is -3.14. The van der Waals surface area contributed by atoms with E-state index >= 15 is 0 Å². The lowest BCUT2D eigenvalue weighted by atomic mass is 9.93. The minimum absolute atomic E-state index is 0.236. The second-order valence-electron chi connectivity index (χ2n) is 7.80. The molecule has 0 radical (unpaired) electrons. The summed E-state index contributed by atoms with van der Waals surface area (Å²) in [5.74, 6) is 0. The summed E-state index contributed by atoms with van der Waals surface area (Å²) in [6, 6.07) is 21.0. The van der Waals surface area contributed by atoms with Crippen LogP contribution >= 0.6 is 0 Å². The van der Waals surface area contributed by atoms with Gasteiger partial charge in [-0.05, 0) is 65.3 Å². The van der Waals surface area contributed by atoms with Crippen LogP contribution in [-0.4, -0.2) is 18.4 Å². The van der Waals surface area contributed by atoms with E-state index in [0.29, 0.717) is 17.8 Å². The van der Waals surface area contributed by atoms with E-state index < -0.39 is 12.6 Å². The highest BCUT2D eigenvalue weighted by atomic mass is 19.4. The smallest absolute Gasteiger partial charge is 0.285 e. The summed E-state index contributed by atoms with van der Waals surface area (Å²) in [5, 5.41) is 0. The van der Waals surface area contributed by atoms with Crippen molar-refractivity contribution in [2.75, 3.05) is 6.54 Å². The zero-order valence-corrected chi connectivity index (χ0v) is 18.1. The average Bonchev–Trinajstić information content (AvgIpc) is 2.71. The monoisotopic (exact) mass is 421 g/mol. The van der Waals surface area contributed by atoms with Crippen molar-refractivity contribution < 1.29 is 13.2 Å². The fraction of sp³-hybridized carbons (Fsp3) is 0.222. The molecule has 3 rings (SSSR count). The number of alkyl halides is 3. The molecule has 0 aromatic heterocycles. The Morgan fingerprint density at radius 3 is 2.19 bits per heavy atom. The number of aliphatic imine (C=N–C) groups is 1. The largest absolute Gasteiger partial charge is 0.393 e. The SMILES string of the molecule is C=C(C/N=C(\C)c1ccccc1CC(F)(F)F)c1ccc(-c2ccccc2C)c(C)c1. The second kappa shape index (κ2) is 9.34. The number of nitrogens with zero attached hydrogens (tertiary/aromatic N) is 1. The maximum atomic E-state index is 12.9. The Balaban J connectivity index is 1.79. The number of halogens is 3. The van der Waals surface area contributed by atoms with Crippen LogP contribution in [0.25, 0.3) is 16.7 Å². The molecule has 0 atom stereocenters. The topological polar surface area (TPSA) is 12.4 Å². The molecule has 160 valence electrons. The van der Waals surface area contributed by atoms with Gasteiger partial charge in [0.25, 0.3) is 0 Å². The standard InChI is InChI=1S/C27H26F3N/c1-18-9-5-7-11-24(18)25-14-13-22(15-19(25)2)20(3)17-31-21(4)26-12-8-6-10-23(26)16-27(28,29)30/h5-15H,3,16-17H2,1-2,4H3/b31-21+. The van der Waals surface area contributed by atoms with E-state index in [2.05, 4.69) is 49.7 Å². The summed E-state index contributed by atoms with van der Waals surface area (Å²) in [6.45, 7) is 10.4. The minimum Gasteiger partial charge on any atom is -0.285 e. The first kappa shape index (κ1) is 22.5. The molecule has 0 spiro atoms. The van der Waals surface area contributed by atoms with Crippen molar-refractivity contribution in [1.29, 1.82) is 0 Å². The van der Waals surface area contributed by atoms with Crippen molar-refractivity contribution in [3.8, 4) is 11.1 Å². The van der Waals surface area contributed by atoms with Crippen LogP contribution in [0.2, 0.25) is 0 Å². The number of benzene rings is 3. The predicted molar refractivity (Wildman–Crippen MR) is 124 cm³/mol. The first-order chi connectivity index (χ1) is 14.7. The predicted octanol–water partition coefficient (Wildman–Crippen LogP) is 7.60. The lowest BCUT2D eigenvalue weighted by molar-refractivity contribution is -0.127. The van der Waals surface area contributed by atoms with Crippen LogP contribution in [0.1, 0.15) is 34.7 Å². The van der Waals surface area contributed by atoms with Crippen molar-refractivity contribution in [2.24, 2.45) is 4.99 Å². The number of hydrogen-bond acceptors (Lipinski definition) is 1. The summed E-state index contributed by atoms with van der Waals surface area (Å²) in [4.78, 5) is 4.54. The minimum atomic E-state index is -4.25. The zero-order chi connectivity index (χ0) is 22.6. The second-order valence-corrected chi connectivity index (χ2v) is 7.80. The summed E-state index contributed by atoms with van der Waals surface area (Å²) >= 11 is 0. The molecular formula is C27H26F3N. The highest BCUT2D eigenvalue weighted by molar-refractivity contribution is 6.00. The van der Waals surface area contributed by atoms with Crippen LogP contribution in [0.5, 0.6) is 0 Å². The van der Waals surface area contributed by atoms with E-state index in [1.165, 1.54) is 22.8 Å². The third-order valence-corrected chi connectivity index (χ3v) is 5.38. The lowest BCUT2D eigenvalue weighted by Crippen LogP contribution is -2.14. The van der Waals surface area contributed by atoms with Gasteiger partial charge in [0, 0.05) is 5.71 Å². The summed E-state index contributed by atoms with van der Waals surface area (Å²) < 4.78 is 38.7. The molecule has 0 bridgehead atoms. The Morgan fingerprint density at radius 2 is 1.52 bits per heavy atom. The molecular weight excluding hydrogens is 395 g/mol. The molecule has 0 aliphatic carbocycles. The maximum Gasteiger partial charge on any atom is 0.393 e. The summed E-state index contributed by atoms with van der Waals surface area (Å²) in [6.07, 6.45) is -5.22. The van der Waals surface area contributed by atoms with Gasteiger partial charge in [-0.1, -0.05) is 73.3 Å². The molecule has 3 aromatic carbocycles. The van der Waals surface area contributed by atoms with Gasteiger partial charge < -0.3 is 0 Å². The maximum absolute atomic E-state index is 12.9. The van der Waals surface area contributed by atoms with E-state index in [1.807, 2.05) is 18.2 Å². The summed E-state index contributed by atoms with van der Waals surface area (Å²) in [7, 11) is 0. The van der Waals surface area contributed by atoms with Crippen molar-refractivity contribution in [3.63, 3.8) is 0 Å². The van der Waals surface area contributed by atoms with Crippen molar-refractivity contribution in [2.45, 2.75) is 33.4 Å². The molecule has 0 heterocycles. The Bertz CT molecular complexity index is 1120. The zero-order valence-electron chi connectivity index (χ0n) is 18.1. The van der Waals surface area contributed by atoms with Crippen LogP contribution in [-0.2, 0) is 6.42 Å². The molecule has 4 heteroatoms. The van der Waals surface area contributed by atoms with Crippen molar-refractivity contribution >= 4 is 11.3 Å². The van der Waals surface area contributed by atoms with Crippen LogP contribution in [0, 0.1) is 13.8 Å². The van der Waals surface area contributed by atoms with E-state index in [-0.39, 0.29) is 5.56 Å². The van der Waals surface area contributed by atoms with Crippen molar-refractivity contribution in [3.05, 3.63) is 101 Å². The Morgan fingerprint density at radius 1 is 0.871 bits per heavy atom. The van der Waals surface area contributed by atoms with Gasteiger partial charge in [-0.2, -0.15) is 13.2 Å². The van der Waals surface area contributed by atoms with E-state index in [1.54, 1.807) is 25.1 Å². The molecule has 0 fully saturated rings. The molecule has 1 nitrogen and oxygen atoms in total. The van der Waals surface area contributed by atoms with Crippen LogP contribution in [0.3, 0.4) is 0 Å². The number of aryl methyl sites for hydroxylation is 2. The first-order valence-electron chi connectivity index (χ1n) is 10.2. The van der Waals surface area contributed by atoms with Crippen molar-refractivity contribution in [1.82, 2.24) is 0 Å². The normalized spacial score (nSPS) is 12.1. The fourth-order valence-corrected chi connectivity index (χ4v) is 3.69. The molecule has 0 saturated carbocycles. The van der Waals surface area contributed by atoms with Gasteiger partial charge >= 0.3 is 6.18 Å². The Kier molecular flexibility index (Phi) is 6.79. The van der Waals surface area contributed by atoms with Gasteiger partial charge in [-0.25, -0.2) is 0 Å². The van der Waals surface area contributed by atoms with Gasteiger partial charge in [0.15, 0.2) is 0 Å². The lowest BCUT2D eigenvalue weighted by Gasteiger charge is -2.13. The average molecular weight is 422 g/mol. The van der Waals surface area contributed by atoms with Crippen LogP contribution in [0.15, 0.2) is 78.3 Å². The highest BCUT2D eigenvalue weighted by Gasteiger charge is 2.28. The van der Waals surface area contributed by atoms with Gasteiger partial charge in [0.05, 0.1) is 13.0 Å². The third kappa shape index (κ3) is 5.72. The number of hydrogen-bond donors (Lipinski definition) is 0. The van der Waals surface area contributed by atoms with E-state index in [0.717, 1.165) is 16.7 Å². The fourth-order valence-electron chi connectivity index (χ4n) is 3.69. The Labute approximate surface area is 182 Å². The van der Waals surface area contributed by atoms with Gasteiger partial charge in [-0.3, -0.25) is 4.99 Å². The quantitative estimate of drug-likeness (QED) is 0.363. The molecule has 0 aliphatic heterocycles. The van der Waals surface area contributed by atoms with E-state index in [4.69, 9.17) is 0 Å². The molecule has 0 N–H and O–H groups in total. The van der Waals surface area contributed by atoms with E-state index in [9.17, 15) is 13.2 Å². The third-order valence-electron chi connectivity index (χ3n) is 5.38. The molecule has 0 amide bonds.